The lowest BCUT2D eigenvalue weighted by Crippen LogP contribution is -2.50. The number of hydrogen-bond donors (Lipinski definition) is 0. The van der Waals surface area contributed by atoms with Crippen molar-refractivity contribution in [3.05, 3.63) is 35.5 Å². The summed E-state index contributed by atoms with van der Waals surface area (Å²) in [4.78, 5) is 11.9. The molecular formula is C23H34O. The number of ketones is 1. The van der Waals surface area contributed by atoms with Gasteiger partial charge < -0.3 is 0 Å². The average Bonchev–Trinajstić information content (AvgIpc) is 2.87. The van der Waals surface area contributed by atoms with Gasteiger partial charge in [-0.05, 0) is 79.3 Å². The van der Waals surface area contributed by atoms with Crippen LogP contribution in [0.4, 0.5) is 0 Å². The topological polar surface area (TPSA) is 17.1 Å². The standard InChI is InChI=1S/C21H28O.C2H6/c1-13-11-16-17-6-5-14(2)20(17,3)10-8-18(16)21(4)9-7-15(22)12-19(13)21;1-2/h5,12,16-18H,1,6-11H2,2-4H3;1-2H3. The Morgan fingerprint density at radius 3 is 2.54 bits per heavy atom. The molecule has 0 N–H and O–H groups in total. The molecular weight excluding hydrogens is 292 g/mol. The maximum Gasteiger partial charge on any atom is 0.156 e. The Hall–Kier alpha value is -1.11. The molecule has 4 aliphatic rings. The van der Waals surface area contributed by atoms with Crippen LogP contribution in [0.2, 0.25) is 0 Å². The van der Waals surface area contributed by atoms with Crippen LogP contribution in [-0.4, -0.2) is 5.78 Å². The van der Waals surface area contributed by atoms with Crippen LogP contribution in [0.15, 0.2) is 35.5 Å². The first-order chi connectivity index (χ1) is 11.4. The van der Waals surface area contributed by atoms with Gasteiger partial charge in [-0.1, -0.05) is 51.5 Å². The van der Waals surface area contributed by atoms with Crippen LogP contribution in [-0.2, 0) is 4.79 Å². The van der Waals surface area contributed by atoms with Crippen molar-refractivity contribution in [2.75, 3.05) is 0 Å². The van der Waals surface area contributed by atoms with Crippen molar-refractivity contribution < 1.29 is 4.79 Å². The molecule has 1 heteroatoms. The minimum absolute atomic E-state index is 0.200. The quantitative estimate of drug-likeness (QED) is 0.480. The first-order valence-electron chi connectivity index (χ1n) is 9.96. The van der Waals surface area contributed by atoms with Gasteiger partial charge in [-0.25, -0.2) is 0 Å². The smallest absolute Gasteiger partial charge is 0.156 e. The molecule has 5 unspecified atom stereocenters. The maximum atomic E-state index is 11.9. The van der Waals surface area contributed by atoms with E-state index in [0.29, 0.717) is 11.2 Å². The molecule has 24 heavy (non-hydrogen) atoms. The van der Waals surface area contributed by atoms with E-state index in [4.69, 9.17) is 0 Å². The lowest BCUT2D eigenvalue weighted by atomic mass is 9.46. The summed E-state index contributed by atoms with van der Waals surface area (Å²) >= 11 is 0. The Kier molecular flexibility index (Phi) is 4.43. The summed E-state index contributed by atoms with van der Waals surface area (Å²) in [6, 6.07) is 0. The van der Waals surface area contributed by atoms with E-state index in [2.05, 4.69) is 33.4 Å². The van der Waals surface area contributed by atoms with Crippen molar-refractivity contribution in [2.45, 2.75) is 73.1 Å². The Balaban J connectivity index is 0.000000815. The van der Waals surface area contributed by atoms with Gasteiger partial charge in [0.25, 0.3) is 0 Å². The highest BCUT2D eigenvalue weighted by atomic mass is 16.1. The first kappa shape index (κ1) is 17.7. The van der Waals surface area contributed by atoms with E-state index < -0.39 is 0 Å². The molecule has 0 aliphatic heterocycles. The van der Waals surface area contributed by atoms with E-state index in [0.717, 1.165) is 37.0 Å². The van der Waals surface area contributed by atoms with E-state index in [-0.39, 0.29) is 5.41 Å². The minimum Gasteiger partial charge on any atom is -0.295 e. The Labute approximate surface area is 148 Å². The second kappa shape index (κ2) is 6.00. The molecule has 0 spiro atoms. The van der Waals surface area contributed by atoms with Crippen LogP contribution in [0.1, 0.15) is 73.1 Å². The molecule has 1 nitrogen and oxygen atoms in total. The fraction of sp³-hybridized carbons (Fsp3) is 0.696. The van der Waals surface area contributed by atoms with Gasteiger partial charge in [0.2, 0.25) is 0 Å². The molecule has 4 rings (SSSR count). The van der Waals surface area contributed by atoms with Crippen molar-refractivity contribution in [3.63, 3.8) is 0 Å². The van der Waals surface area contributed by atoms with Gasteiger partial charge >= 0.3 is 0 Å². The molecule has 4 aliphatic carbocycles. The van der Waals surface area contributed by atoms with Crippen LogP contribution in [0.3, 0.4) is 0 Å². The summed E-state index contributed by atoms with van der Waals surface area (Å²) in [5.74, 6) is 2.61. The molecule has 0 amide bonds. The number of rotatable bonds is 0. The molecule has 0 heterocycles. The van der Waals surface area contributed by atoms with Crippen LogP contribution < -0.4 is 0 Å². The third-order valence-corrected chi connectivity index (χ3v) is 7.90. The number of carbonyl (C=O) groups excluding carboxylic acids is 1. The van der Waals surface area contributed by atoms with E-state index in [9.17, 15) is 4.79 Å². The van der Waals surface area contributed by atoms with Gasteiger partial charge in [-0.2, -0.15) is 0 Å². The third-order valence-electron chi connectivity index (χ3n) is 7.90. The lowest BCUT2D eigenvalue weighted by Gasteiger charge is -2.58. The van der Waals surface area contributed by atoms with Gasteiger partial charge in [-0.3, -0.25) is 4.79 Å². The molecule has 0 aromatic rings. The van der Waals surface area contributed by atoms with Gasteiger partial charge in [0.15, 0.2) is 5.78 Å². The van der Waals surface area contributed by atoms with Gasteiger partial charge in [0, 0.05) is 6.42 Å². The van der Waals surface area contributed by atoms with Crippen LogP contribution >= 0.6 is 0 Å². The predicted molar refractivity (Wildman–Crippen MR) is 102 cm³/mol. The summed E-state index contributed by atoms with van der Waals surface area (Å²) in [6.45, 7) is 15.6. The van der Waals surface area contributed by atoms with Crippen molar-refractivity contribution in [1.82, 2.24) is 0 Å². The first-order valence-corrected chi connectivity index (χ1v) is 9.96. The second-order valence-electron chi connectivity index (χ2n) is 8.71. The summed E-state index contributed by atoms with van der Waals surface area (Å²) < 4.78 is 0. The summed E-state index contributed by atoms with van der Waals surface area (Å²) in [6.07, 6.45) is 11.2. The van der Waals surface area contributed by atoms with E-state index in [1.54, 1.807) is 5.57 Å². The van der Waals surface area contributed by atoms with Crippen LogP contribution in [0, 0.1) is 28.6 Å². The average molecular weight is 327 g/mol. The zero-order valence-electron chi connectivity index (χ0n) is 16.2. The Morgan fingerprint density at radius 2 is 1.83 bits per heavy atom. The van der Waals surface area contributed by atoms with E-state index in [1.807, 2.05) is 19.9 Å². The van der Waals surface area contributed by atoms with Crippen LogP contribution in [0.25, 0.3) is 0 Å². The molecule has 5 atom stereocenters. The van der Waals surface area contributed by atoms with Gasteiger partial charge in [-0.15, -0.1) is 0 Å². The fourth-order valence-electron chi connectivity index (χ4n) is 6.35. The van der Waals surface area contributed by atoms with Crippen molar-refractivity contribution >= 4 is 5.78 Å². The highest BCUT2D eigenvalue weighted by molar-refractivity contribution is 5.92. The van der Waals surface area contributed by atoms with Crippen molar-refractivity contribution in [1.29, 1.82) is 0 Å². The second-order valence-corrected chi connectivity index (χ2v) is 8.71. The largest absolute Gasteiger partial charge is 0.295 e. The summed E-state index contributed by atoms with van der Waals surface area (Å²) in [5.41, 5.74) is 4.80. The van der Waals surface area contributed by atoms with E-state index >= 15 is 0 Å². The van der Waals surface area contributed by atoms with Crippen molar-refractivity contribution in [3.8, 4) is 0 Å². The lowest BCUT2D eigenvalue weighted by molar-refractivity contribution is -0.116. The fourth-order valence-corrected chi connectivity index (χ4v) is 6.35. The molecule has 0 aromatic heterocycles. The van der Waals surface area contributed by atoms with Crippen LogP contribution in [0.5, 0.6) is 0 Å². The van der Waals surface area contributed by atoms with Crippen molar-refractivity contribution in [2.24, 2.45) is 28.6 Å². The predicted octanol–water partition coefficient (Wildman–Crippen LogP) is 6.27. The molecule has 0 saturated heterocycles. The Morgan fingerprint density at radius 1 is 1.12 bits per heavy atom. The summed E-state index contributed by atoms with van der Waals surface area (Å²) in [7, 11) is 0. The minimum atomic E-state index is 0.200. The molecule has 132 valence electrons. The van der Waals surface area contributed by atoms with Gasteiger partial charge in [0.1, 0.15) is 0 Å². The normalized spacial score (nSPS) is 43.6. The number of fused-ring (bicyclic) bond motifs is 5. The Bertz CT molecular complexity index is 622. The number of allylic oxidation sites excluding steroid dienone is 5. The molecule has 0 aromatic carbocycles. The SMILES string of the molecule is C=C1CC2C3CC=C(C)C3(C)CCC2C2(C)CCC(=O)C=C12.CC. The third kappa shape index (κ3) is 2.30. The highest BCUT2D eigenvalue weighted by Crippen LogP contribution is 2.65. The van der Waals surface area contributed by atoms with Gasteiger partial charge in [0.05, 0.1) is 0 Å². The molecule has 2 fully saturated rings. The molecule has 2 saturated carbocycles. The number of carbonyl (C=O) groups is 1. The highest BCUT2D eigenvalue weighted by Gasteiger charge is 2.57. The maximum absolute atomic E-state index is 11.9. The zero-order chi connectivity index (χ0) is 17.7. The monoisotopic (exact) mass is 326 g/mol. The number of hydrogen-bond acceptors (Lipinski definition) is 1. The van der Waals surface area contributed by atoms with E-state index in [1.165, 1.54) is 30.4 Å². The molecule has 0 radical (unpaired) electrons. The molecule has 0 bridgehead atoms. The zero-order valence-corrected chi connectivity index (χ0v) is 16.2. The summed E-state index contributed by atoms with van der Waals surface area (Å²) in [5, 5.41) is 0.